The predicted octanol–water partition coefficient (Wildman–Crippen LogP) is 1.87. The van der Waals surface area contributed by atoms with Crippen LogP contribution in [0.2, 0.25) is 0 Å². The maximum absolute atomic E-state index is 10.9. The molecule has 0 fully saturated rings. The summed E-state index contributed by atoms with van der Waals surface area (Å²) >= 11 is 0. The Morgan fingerprint density at radius 1 is 1.38 bits per heavy atom. The lowest BCUT2D eigenvalue weighted by Crippen LogP contribution is -2.45. The number of carboxylic acid groups (broad SMARTS) is 1. The summed E-state index contributed by atoms with van der Waals surface area (Å²) in [6.07, 6.45) is 1.99. The van der Waals surface area contributed by atoms with E-state index in [0.29, 0.717) is 0 Å². The van der Waals surface area contributed by atoms with E-state index >= 15 is 0 Å². The second-order valence-corrected chi connectivity index (χ2v) is 3.90. The Hall–Kier alpha value is -0.570. The van der Waals surface area contributed by atoms with Crippen molar-refractivity contribution in [2.45, 2.75) is 52.6 Å². The maximum Gasteiger partial charge on any atom is 0.320 e. The second-order valence-electron chi connectivity index (χ2n) is 3.90. The van der Waals surface area contributed by atoms with E-state index in [1.54, 1.807) is 0 Å². The fraction of sp³-hybridized carbons (Fsp3) is 0.900. The first-order chi connectivity index (χ1) is 5.99. The van der Waals surface area contributed by atoms with E-state index in [4.69, 9.17) is 5.11 Å². The fourth-order valence-corrected chi connectivity index (χ4v) is 1.46. The standard InChI is InChI=1S/C10H21NO2/c1-5-6-8(4)9(10(12)13)11-7(2)3/h7-9,11H,5-6H2,1-4H3,(H,12,13). The Labute approximate surface area is 80.5 Å². The molecule has 0 radical (unpaired) electrons. The third-order valence-electron chi connectivity index (χ3n) is 2.09. The van der Waals surface area contributed by atoms with Gasteiger partial charge in [0.05, 0.1) is 0 Å². The lowest BCUT2D eigenvalue weighted by atomic mass is 9.96. The number of hydrogen-bond donors (Lipinski definition) is 2. The van der Waals surface area contributed by atoms with Crippen LogP contribution in [-0.4, -0.2) is 23.2 Å². The van der Waals surface area contributed by atoms with Gasteiger partial charge in [0.15, 0.2) is 0 Å². The first-order valence-electron chi connectivity index (χ1n) is 4.97. The minimum absolute atomic E-state index is 0.199. The van der Waals surface area contributed by atoms with Gasteiger partial charge in [-0.25, -0.2) is 0 Å². The molecule has 0 aliphatic heterocycles. The molecule has 0 aromatic heterocycles. The maximum atomic E-state index is 10.9. The highest BCUT2D eigenvalue weighted by Gasteiger charge is 2.23. The molecule has 0 heterocycles. The summed E-state index contributed by atoms with van der Waals surface area (Å²) in [6, 6.07) is -0.180. The van der Waals surface area contributed by atoms with Gasteiger partial charge in [-0.05, 0) is 12.3 Å². The molecule has 2 unspecified atom stereocenters. The van der Waals surface area contributed by atoms with E-state index in [1.807, 2.05) is 20.8 Å². The van der Waals surface area contributed by atoms with Crippen molar-refractivity contribution in [2.75, 3.05) is 0 Å². The number of hydrogen-bond acceptors (Lipinski definition) is 2. The van der Waals surface area contributed by atoms with Crippen LogP contribution in [-0.2, 0) is 4.79 Å². The third-order valence-corrected chi connectivity index (χ3v) is 2.09. The van der Waals surface area contributed by atoms with Gasteiger partial charge in [0.25, 0.3) is 0 Å². The van der Waals surface area contributed by atoms with Crippen molar-refractivity contribution in [1.29, 1.82) is 0 Å². The van der Waals surface area contributed by atoms with Crippen LogP contribution < -0.4 is 5.32 Å². The SMILES string of the molecule is CCCC(C)C(NC(C)C)C(=O)O. The quantitative estimate of drug-likeness (QED) is 0.667. The largest absolute Gasteiger partial charge is 0.480 e. The van der Waals surface area contributed by atoms with Gasteiger partial charge < -0.3 is 10.4 Å². The van der Waals surface area contributed by atoms with Crippen molar-refractivity contribution in [3.05, 3.63) is 0 Å². The van der Waals surface area contributed by atoms with E-state index < -0.39 is 12.0 Å². The molecule has 0 rings (SSSR count). The average Bonchev–Trinajstić information content (AvgIpc) is 1.99. The number of carbonyl (C=O) groups is 1. The molecule has 0 aliphatic carbocycles. The molecule has 2 N–H and O–H groups in total. The Balaban J connectivity index is 4.15. The summed E-state index contributed by atoms with van der Waals surface area (Å²) in [5, 5.41) is 12.0. The summed E-state index contributed by atoms with van der Waals surface area (Å²) in [7, 11) is 0. The van der Waals surface area contributed by atoms with E-state index in [-0.39, 0.29) is 12.0 Å². The monoisotopic (exact) mass is 187 g/mol. The zero-order valence-corrected chi connectivity index (χ0v) is 9.00. The van der Waals surface area contributed by atoms with Gasteiger partial charge in [0, 0.05) is 6.04 Å². The summed E-state index contributed by atoms with van der Waals surface area (Å²) in [4.78, 5) is 10.9. The van der Waals surface area contributed by atoms with E-state index in [9.17, 15) is 4.79 Å². The van der Waals surface area contributed by atoms with Crippen molar-refractivity contribution in [1.82, 2.24) is 5.32 Å². The minimum atomic E-state index is -0.741. The number of rotatable bonds is 6. The summed E-state index contributed by atoms with van der Waals surface area (Å²) < 4.78 is 0. The molecular formula is C10H21NO2. The van der Waals surface area contributed by atoms with Crippen molar-refractivity contribution in [2.24, 2.45) is 5.92 Å². The molecule has 0 aromatic rings. The third kappa shape index (κ3) is 4.88. The van der Waals surface area contributed by atoms with E-state index in [0.717, 1.165) is 12.8 Å². The van der Waals surface area contributed by atoms with Gasteiger partial charge >= 0.3 is 5.97 Å². The van der Waals surface area contributed by atoms with E-state index in [1.165, 1.54) is 0 Å². The lowest BCUT2D eigenvalue weighted by Gasteiger charge is -2.23. The molecule has 13 heavy (non-hydrogen) atoms. The second kappa shape index (κ2) is 5.97. The first-order valence-corrected chi connectivity index (χ1v) is 4.97. The van der Waals surface area contributed by atoms with Crippen LogP contribution in [0.5, 0.6) is 0 Å². The number of aliphatic carboxylic acids is 1. The van der Waals surface area contributed by atoms with Gasteiger partial charge in [0.2, 0.25) is 0 Å². The van der Waals surface area contributed by atoms with Crippen LogP contribution in [0.3, 0.4) is 0 Å². The Morgan fingerprint density at radius 3 is 2.23 bits per heavy atom. The number of carboxylic acids is 1. The van der Waals surface area contributed by atoms with Crippen molar-refractivity contribution in [3.63, 3.8) is 0 Å². The minimum Gasteiger partial charge on any atom is -0.480 e. The van der Waals surface area contributed by atoms with Gasteiger partial charge in [0.1, 0.15) is 6.04 Å². The van der Waals surface area contributed by atoms with Crippen LogP contribution >= 0.6 is 0 Å². The zero-order chi connectivity index (χ0) is 10.4. The molecule has 0 amide bonds. The van der Waals surface area contributed by atoms with Crippen molar-refractivity contribution < 1.29 is 9.90 Å². The van der Waals surface area contributed by atoms with Crippen molar-refractivity contribution >= 4 is 5.97 Å². The van der Waals surface area contributed by atoms with Gasteiger partial charge in [-0.3, -0.25) is 4.79 Å². The van der Waals surface area contributed by atoms with Gasteiger partial charge in [-0.1, -0.05) is 34.1 Å². The van der Waals surface area contributed by atoms with Gasteiger partial charge in [-0.15, -0.1) is 0 Å². The topological polar surface area (TPSA) is 49.3 Å². The summed E-state index contributed by atoms with van der Waals surface area (Å²) in [6.45, 7) is 7.99. The van der Waals surface area contributed by atoms with Crippen molar-refractivity contribution in [3.8, 4) is 0 Å². The summed E-state index contributed by atoms with van der Waals surface area (Å²) in [5.41, 5.74) is 0. The number of nitrogens with one attached hydrogen (secondary N) is 1. The highest BCUT2D eigenvalue weighted by molar-refractivity contribution is 5.73. The Kier molecular flexibility index (Phi) is 5.71. The molecule has 78 valence electrons. The molecule has 0 aromatic carbocycles. The van der Waals surface area contributed by atoms with Gasteiger partial charge in [-0.2, -0.15) is 0 Å². The van der Waals surface area contributed by atoms with Crippen LogP contribution in [0.25, 0.3) is 0 Å². The predicted molar refractivity (Wildman–Crippen MR) is 53.8 cm³/mol. The van der Waals surface area contributed by atoms with E-state index in [2.05, 4.69) is 12.2 Å². The Morgan fingerprint density at radius 2 is 1.92 bits per heavy atom. The molecule has 2 atom stereocenters. The fourth-order valence-electron chi connectivity index (χ4n) is 1.46. The molecule has 0 spiro atoms. The highest BCUT2D eigenvalue weighted by Crippen LogP contribution is 2.11. The van der Waals surface area contributed by atoms with Crippen LogP contribution in [0.1, 0.15) is 40.5 Å². The van der Waals surface area contributed by atoms with Crippen LogP contribution in [0.15, 0.2) is 0 Å². The molecule has 0 saturated carbocycles. The molecule has 0 saturated heterocycles. The lowest BCUT2D eigenvalue weighted by molar-refractivity contribution is -0.141. The normalized spacial score (nSPS) is 15.8. The first kappa shape index (κ1) is 12.4. The zero-order valence-electron chi connectivity index (χ0n) is 9.00. The smallest absolute Gasteiger partial charge is 0.320 e. The molecular weight excluding hydrogens is 166 g/mol. The molecule has 3 nitrogen and oxygen atoms in total. The van der Waals surface area contributed by atoms with Crippen LogP contribution in [0.4, 0.5) is 0 Å². The molecule has 0 bridgehead atoms. The average molecular weight is 187 g/mol. The molecule has 0 aliphatic rings. The molecule has 3 heteroatoms. The highest BCUT2D eigenvalue weighted by atomic mass is 16.4. The van der Waals surface area contributed by atoms with Crippen LogP contribution in [0, 0.1) is 5.92 Å². The Bertz CT molecular complexity index is 157. The summed E-state index contributed by atoms with van der Waals surface area (Å²) in [5.74, 6) is -0.542.